The Morgan fingerprint density at radius 1 is 1.42 bits per heavy atom. The maximum Gasteiger partial charge on any atom is 0.243 e. The lowest BCUT2D eigenvalue weighted by atomic mass is 9.83. The molecule has 0 radical (unpaired) electrons. The minimum atomic E-state index is -0.692. The molecule has 104 valence electrons. The van der Waals surface area contributed by atoms with Gasteiger partial charge in [0.05, 0.1) is 7.11 Å². The van der Waals surface area contributed by atoms with Crippen LogP contribution in [0.4, 0.5) is 5.69 Å². The van der Waals surface area contributed by atoms with E-state index in [-0.39, 0.29) is 5.91 Å². The van der Waals surface area contributed by atoms with E-state index in [1.54, 1.807) is 7.11 Å². The van der Waals surface area contributed by atoms with E-state index >= 15 is 0 Å². The van der Waals surface area contributed by atoms with Crippen LogP contribution < -0.4 is 15.8 Å². The van der Waals surface area contributed by atoms with Crippen LogP contribution in [0, 0.1) is 5.92 Å². The molecule has 4 heteroatoms. The first-order valence-electron chi connectivity index (χ1n) is 6.78. The fourth-order valence-corrected chi connectivity index (χ4v) is 2.87. The number of nitrogens with one attached hydrogen (secondary N) is 1. The van der Waals surface area contributed by atoms with E-state index in [4.69, 9.17) is 10.5 Å². The lowest BCUT2D eigenvalue weighted by Crippen LogP contribution is -2.52. The number of nitrogens with two attached hydrogens (primary N) is 1. The summed E-state index contributed by atoms with van der Waals surface area (Å²) >= 11 is 0. The predicted molar refractivity (Wildman–Crippen MR) is 76.2 cm³/mol. The molecule has 2 rings (SSSR count). The largest absolute Gasteiger partial charge is 0.497 e. The third kappa shape index (κ3) is 2.83. The SMILES string of the molecule is COc1cccc(NC(C)(C(N)=O)C2CCCC2)c1. The van der Waals surface area contributed by atoms with Gasteiger partial charge in [0, 0.05) is 11.8 Å². The maximum absolute atomic E-state index is 11.9. The number of carbonyl (C=O) groups is 1. The van der Waals surface area contributed by atoms with Crippen LogP contribution in [0.3, 0.4) is 0 Å². The van der Waals surface area contributed by atoms with Gasteiger partial charge in [-0.05, 0) is 37.8 Å². The highest BCUT2D eigenvalue weighted by atomic mass is 16.5. The van der Waals surface area contributed by atoms with E-state index in [9.17, 15) is 4.79 Å². The lowest BCUT2D eigenvalue weighted by Gasteiger charge is -2.34. The normalized spacial score (nSPS) is 18.8. The molecule has 0 spiro atoms. The Kier molecular flexibility index (Phi) is 3.98. The molecule has 0 heterocycles. The van der Waals surface area contributed by atoms with Crippen molar-refractivity contribution in [1.29, 1.82) is 0 Å². The number of hydrogen-bond donors (Lipinski definition) is 2. The van der Waals surface area contributed by atoms with Crippen LogP contribution in [0.5, 0.6) is 5.75 Å². The number of carbonyl (C=O) groups excluding carboxylic acids is 1. The average Bonchev–Trinajstić information content (AvgIpc) is 2.93. The Hall–Kier alpha value is -1.71. The van der Waals surface area contributed by atoms with Gasteiger partial charge in [0.15, 0.2) is 0 Å². The van der Waals surface area contributed by atoms with Crippen molar-refractivity contribution in [2.45, 2.75) is 38.1 Å². The van der Waals surface area contributed by atoms with Gasteiger partial charge in [-0.25, -0.2) is 0 Å². The van der Waals surface area contributed by atoms with Crippen LogP contribution in [0.25, 0.3) is 0 Å². The molecule has 19 heavy (non-hydrogen) atoms. The Labute approximate surface area is 114 Å². The van der Waals surface area contributed by atoms with Gasteiger partial charge in [-0.2, -0.15) is 0 Å². The van der Waals surface area contributed by atoms with E-state index in [1.165, 1.54) is 12.8 Å². The maximum atomic E-state index is 11.9. The highest BCUT2D eigenvalue weighted by Crippen LogP contribution is 2.36. The van der Waals surface area contributed by atoms with E-state index < -0.39 is 5.54 Å². The van der Waals surface area contributed by atoms with E-state index in [0.717, 1.165) is 24.3 Å². The topological polar surface area (TPSA) is 64.3 Å². The van der Waals surface area contributed by atoms with Crippen molar-refractivity contribution < 1.29 is 9.53 Å². The summed E-state index contributed by atoms with van der Waals surface area (Å²) in [5, 5.41) is 3.32. The molecule has 4 nitrogen and oxygen atoms in total. The minimum Gasteiger partial charge on any atom is -0.497 e. The second-order valence-corrected chi connectivity index (χ2v) is 5.40. The van der Waals surface area contributed by atoms with Crippen LogP contribution in [0.2, 0.25) is 0 Å². The van der Waals surface area contributed by atoms with E-state index in [1.807, 2.05) is 31.2 Å². The first-order valence-corrected chi connectivity index (χ1v) is 6.78. The van der Waals surface area contributed by atoms with Crippen molar-refractivity contribution in [3.05, 3.63) is 24.3 Å². The molecule has 1 aromatic rings. The van der Waals surface area contributed by atoms with E-state index in [2.05, 4.69) is 5.32 Å². The zero-order valence-electron chi connectivity index (χ0n) is 11.6. The molecule has 0 saturated heterocycles. The Morgan fingerprint density at radius 2 is 2.11 bits per heavy atom. The number of anilines is 1. The molecule has 0 bridgehead atoms. The number of hydrogen-bond acceptors (Lipinski definition) is 3. The second-order valence-electron chi connectivity index (χ2n) is 5.40. The zero-order valence-corrected chi connectivity index (χ0v) is 11.6. The monoisotopic (exact) mass is 262 g/mol. The van der Waals surface area contributed by atoms with Crippen LogP contribution in [0.15, 0.2) is 24.3 Å². The van der Waals surface area contributed by atoms with Crippen molar-refractivity contribution in [3.63, 3.8) is 0 Å². The van der Waals surface area contributed by atoms with Crippen LogP contribution in [-0.4, -0.2) is 18.6 Å². The van der Waals surface area contributed by atoms with Crippen LogP contribution in [0.1, 0.15) is 32.6 Å². The summed E-state index contributed by atoms with van der Waals surface area (Å²) in [6.45, 7) is 1.91. The number of ether oxygens (including phenoxy) is 1. The molecule has 1 aliphatic rings. The standard InChI is InChI=1S/C15H22N2O2/c1-15(14(16)18,11-6-3-4-7-11)17-12-8-5-9-13(10-12)19-2/h5,8-11,17H,3-4,6-7H2,1-2H3,(H2,16,18). The first kappa shape index (κ1) is 13.7. The smallest absolute Gasteiger partial charge is 0.243 e. The fourth-order valence-electron chi connectivity index (χ4n) is 2.87. The van der Waals surface area contributed by atoms with Gasteiger partial charge in [-0.15, -0.1) is 0 Å². The van der Waals surface area contributed by atoms with Crippen molar-refractivity contribution in [3.8, 4) is 5.75 Å². The highest BCUT2D eigenvalue weighted by molar-refractivity contribution is 5.88. The molecule has 1 saturated carbocycles. The van der Waals surface area contributed by atoms with Gasteiger partial charge in [0.1, 0.15) is 11.3 Å². The third-order valence-corrected chi connectivity index (χ3v) is 4.16. The van der Waals surface area contributed by atoms with Gasteiger partial charge < -0.3 is 15.8 Å². The zero-order chi connectivity index (χ0) is 13.9. The summed E-state index contributed by atoms with van der Waals surface area (Å²) in [6.07, 6.45) is 4.45. The predicted octanol–water partition coefficient (Wildman–Crippen LogP) is 2.54. The Balaban J connectivity index is 2.22. The van der Waals surface area contributed by atoms with Crippen LogP contribution >= 0.6 is 0 Å². The molecule has 1 unspecified atom stereocenters. The molecule has 1 atom stereocenters. The van der Waals surface area contributed by atoms with Crippen molar-refractivity contribution in [2.75, 3.05) is 12.4 Å². The van der Waals surface area contributed by atoms with E-state index in [0.29, 0.717) is 5.92 Å². The van der Waals surface area contributed by atoms with Crippen molar-refractivity contribution in [2.24, 2.45) is 11.7 Å². The average molecular weight is 262 g/mol. The molecule has 1 fully saturated rings. The third-order valence-electron chi connectivity index (χ3n) is 4.16. The molecule has 1 aromatic carbocycles. The molecule has 1 aliphatic carbocycles. The number of rotatable bonds is 5. The molecule has 0 aliphatic heterocycles. The van der Waals surface area contributed by atoms with Gasteiger partial charge in [-0.1, -0.05) is 18.9 Å². The van der Waals surface area contributed by atoms with Gasteiger partial charge in [0.25, 0.3) is 0 Å². The quantitative estimate of drug-likeness (QED) is 0.857. The summed E-state index contributed by atoms with van der Waals surface area (Å²) in [5.41, 5.74) is 5.81. The summed E-state index contributed by atoms with van der Waals surface area (Å²) < 4.78 is 5.20. The van der Waals surface area contributed by atoms with Crippen molar-refractivity contribution >= 4 is 11.6 Å². The first-order chi connectivity index (χ1) is 9.06. The summed E-state index contributed by atoms with van der Waals surface area (Å²) in [6, 6.07) is 7.59. The van der Waals surface area contributed by atoms with Gasteiger partial charge >= 0.3 is 0 Å². The Bertz CT molecular complexity index is 455. The van der Waals surface area contributed by atoms with Gasteiger partial charge in [0.2, 0.25) is 5.91 Å². The fraction of sp³-hybridized carbons (Fsp3) is 0.533. The molecule has 0 aromatic heterocycles. The second kappa shape index (κ2) is 5.51. The summed E-state index contributed by atoms with van der Waals surface area (Å²) in [7, 11) is 1.63. The van der Waals surface area contributed by atoms with Crippen molar-refractivity contribution in [1.82, 2.24) is 0 Å². The molecular formula is C15H22N2O2. The molecule has 1 amide bonds. The van der Waals surface area contributed by atoms with Gasteiger partial charge in [-0.3, -0.25) is 4.79 Å². The summed E-state index contributed by atoms with van der Waals surface area (Å²) in [5.74, 6) is 0.779. The lowest BCUT2D eigenvalue weighted by molar-refractivity contribution is -0.123. The number of methoxy groups -OCH3 is 1. The van der Waals surface area contributed by atoms with Crippen LogP contribution in [-0.2, 0) is 4.79 Å². The number of amides is 1. The highest BCUT2D eigenvalue weighted by Gasteiger charge is 2.41. The minimum absolute atomic E-state index is 0.290. The number of benzene rings is 1. The Morgan fingerprint density at radius 3 is 2.68 bits per heavy atom. The summed E-state index contributed by atoms with van der Waals surface area (Å²) in [4.78, 5) is 11.9. The molecule has 3 N–H and O–H groups in total. The number of primary amides is 1. The molecular weight excluding hydrogens is 240 g/mol.